The number of nitrogens with zero attached hydrogens (tertiary/aromatic N) is 2. The van der Waals surface area contributed by atoms with E-state index in [1.54, 1.807) is 5.40 Å². The maximum absolute atomic E-state index is 7.81. The van der Waals surface area contributed by atoms with Gasteiger partial charge in [-0.3, -0.25) is 0 Å². The second-order valence-electron chi connectivity index (χ2n) is 1.15. The third kappa shape index (κ3) is 26.5. The van der Waals surface area contributed by atoms with Crippen LogP contribution in [0.1, 0.15) is 0 Å². The molecule has 0 aromatic rings. The molecule has 0 fully saturated rings. The molecule has 7 heteroatoms. The lowest BCUT2D eigenvalue weighted by molar-refractivity contribution is 0.323. The number of rotatable bonds is 2. The highest BCUT2D eigenvalue weighted by Crippen LogP contribution is 1.93. The summed E-state index contributed by atoms with van der Waals surface area (Å²) in [5.74, 6) is 0.492. The normalized spacial score (nSPS) is 7.00. The van der Waals surface area contributed by atoms with Gasteiger partial charge >= 0.3 is 0 Å². The fourth-order valence-corrected chi connectivity index (χ4v) is 0.219. The van der Waals surface area contributed by atoms with Crippen LogP contribution >= 0.6 is 24.6 Å². The van der Waals surface area contributed by atoms with Crippen molar-refractivity contribution in [3.05, 3.63) is 0 Å². The molecule has 64 valence electrons. The van der Waals surface area contributed by atoms with Gasteiger partial charge in [-0.2, -0.15) is 22.3 Å². The Hall–Kier alpha value is -0.580. The predicted octanol–water partition coefficient (Wildman–Crippen LogP) is -0.702. The topological polar surface area (TPSA) is 108 Å². The standard InChI is InChI=1S/C2H4N4S.C2H6OS/c3-1-7-6-2(4)5;3-1-2-4/h(H4,4,5,6);3-4H,1-2H2. The van der Waals surface area contributed by atoms with Crippen LogP contribution in [0.5, 0.6) is 0 Å². The van der Waals surface area contributed by atoms with Crippen molar-refractivity contribution in [3.63, 3.8) is 0 Å². The minimum atomic E-state index is -0.0773. The van der Waals surface area contributed by atoms with E-state index in [0.717, 1.165) is 0 Å². The average Bonchev–Trinajstić information content (AvgIpc) is 2.01. The van der Waals surface area contributed by atoms with Gasteiger partial charge in [-0.25, -0.2) is 0 Å². The molecule has 0 aliphatic heterocycles. The summed E-state index contributed by atoms with van der Waals surface area (Å²) in [4.78, 5) is 0. The molecule has 0 saturated heterocycles. The second kappa shape index (κ2) is 12.1. The van der Waals surface area contributed by atoms with Crippen LogP contribution in [-0.4, -0.2) is 23.4 Å². The molecule has 0 aromatic heterocycles. The highest BCUT2D eigenvalue weighted by Gasteiger charge is 1.74. The minimum Gasteiger partial charge on any atom is -0.396 e. The number of hydrogen-bond donors (Lipinski definition) is 4. The highest BCUT2D eigenvalue weighted by atomic mass is 32.2. The van der Waals surface area contributed by atoms with Crippen molar-refractivity contribution in [2.75, 3.05) is 12.4 Å². The number of aliphatic hydroxyl groups excluding tert-OH is 1. The summed E-state index contributed by atoms with van der Waals surface area (Å²) in [7, 11) is 0. The van der Waals surface area contributed by atoms with Gasteiger partial charge in [-0.05, 0) is 0 Å². The Balaban J connectivity index is 0. The third-order valence-corrected chi connectivity index (χ3v) is 0.876. The van der Waals surface area contributed by atoms with Gasteiger partial charge in [0.25, 0.3) is 0 Å². The Bertz CT molecular complexity index is 138. The second-order valence-corrected chi connectivity index (χ2v) is 2.14. The van der Waals surface area contributed by atoms with Crippen molar-refractivity contribution >= 4 is 30.5 Å². The van der Waals surface area contributed by atoms with Crippen molar-refractivity contribution in [2.45, 2.75) is 0 Å². The van der Waals surface area contributed by atoms with Gasteiger partial charge in [-0.15, -0.1) is 0 Å². The van der Waals surface area contributed by atoms with Gasteiger partial charge < -0.3 is 16.6 Å². The zero-order valence-corrected chi connectivity index (χ0v) is 7.48. The van der Waals surface area contributed by atoms with Crippen LogP contribution in [0.15, 0.2) is 4.40 Å². The van der Waals surface area contributed by atoms with Crippen molar-refractivity contribution in [1.82, 2.24) is 0 Å². The molecule has 0 bridgehead atoms. The van der Waals surface area contributed by atoms with Gasteiger partial charge in [-0.1, -0.05) is 0 Å². The van der Waals surface area contributed by atoms with Crippen LogP contribution in [0.2, 0.25) is 0 Å². The summed E-state index contributed by atoms with van der Waals surface area (Å²) < 4.78 is 3.27. The molecule has 0 atom stereocenters. The first-order valence-corrected chi connectivity index (χ1v) is 3.95. The van der Waals surface area contributed by atoms with Gasteiger partial charge in [0.05, 0.1) is 18.6 Å². The molecule has 0 saturated carbocycles. The van der Waals surface area contributed by atoms with E-state index in [9.17, 15) is 0 Å². The molecule has 0 heterocycles. The quantitative estimate of drug-likeness (QED) is 0.153. The first kappa shape index (κ1) is 13.0. The summed E-state index contributed by atoms with van der Waals surface area (Å²) in [6, 6.07) is 0. The summed E-state index contributed by atoms with van der Waals surface area (Å²) in [6.07, 6.45) is 0. The molecule has 11 heavy (non-hydrogen) atoms. The van der Waals surface area contributed by atoms with Crippen LogP contribution in [0.4, 0.5) is 0 Å². The Morgan fingerprint density at radius 2 is 2.18 bits per heavy atom. The first-order chi connectivity index (χ1) is 5.18. The van der Waals surface area contributed by atoms with E-state index in [-0.39, 0.29) is 12.6 Å². The minimum absolute atomic E-state index is 0.0773. The number of nitriles is 1. The number of hydrogen-bond acceptors (Lipinski definition) is 5. The summed E-state index contributed by atoms with van der Waals surface area (Å²) in [5, 5.41) is 17.3. The van der Waals surface area contributed by atoms with Gasteiger partial charge in [0.2, 0.25) is 0 Å². The Morgan fingerprint density at radius 3 is 2.27 bits per heavy atom. The number of nitrogens with two attached hydrogens (primary N) is 2. The predicted molar refractivity (Wildman–Crippen MR) is 50.0 cm³/mol. The molecule has 0 aromatic carbocycles. The first-order valence-electron chi connectivity index (χ1n) is 2.54. The van der Waals surface area contributed by atoms with E-state index in [1.165, 1.54) is 0 Å². The summed E-state index contributed by atoms with van der Waals surface area (Å²) in [5.41, 5.74) is 9.67. The van der Waals surface area contributed by atoms with E-state index in [2.05, 4.69) is 17.0 Å². The molecule has 0 amide bonds. The number of thiol groups is 1. The molecule has 0 aliphatic rings. The lowest BCUT2D eigenvalue weighted by Crippen LogP contribution is -2.21. The molecule has 0 rings (SSSR count). The van der Waals surface area contributed by atoms with E-state index >= 15 is 0 Å². The molecule has 0 spiro atoms. The van der Waals surface area contributed by atoms with Gasteiger partial charge in [0.1, 0.15) is 0 Å². The number of thiocyanates is 1. The molecular formula is C4H10N4OS2. The molecule has 5 nitrogen and oxygen atoms in total. The maximum atomic E-state index is 7.81. The number of guanidine groups is 1. The molecule has 5 N–H and O–H groups in total. The van der Waals surface area contributed by atoms with Crippen molar-refractivity contribution in [1.29, 1.82) is 5.26 Å². The van der Waals surface area contributed by atoms with Crippen molar-refractivity contribution in [3.8, 4) is 5.40 Å². The Labute approximate surface area is 75.0 Å². The fraction of sp³-hybridized carbons (Fsp3) is 0.500. The van der Waals surface area contributed by atoms with E-state index < -0.39 is 0 Å². The van der Waals surface area contributed by atoms with Gasteiger partial charge in [0, 0.05) is 5.75 Å². The molecule has 0 aliphatic carbocycles. The summed E-state index contributed by atoms with van der Waals surface area (Å²) >= 11 is 4.33. The third-order valence-electron chi connectivity index (χ3n) is 0.292. The SMILES string of the molecule is N#CSN=C(N)N.OCCS. The lowest BCUT2D eigenvalue weighted by Gasteiger charge is -1.79. The van der Waals surface area contributed by atoms with Crippen LogP contribution in [0.3, 0.4) is 0 Å². The van der Waals surface area contributed by atoms with Crippen LogP contribution in [-0.2, 0) is 0 Å². The van der Waals surface area contributed by atoms with Crippen molar-refractivity contribution < 1.29 is 5.11 Å². The number of aliphatic hydroxyl groups is 1. The van der Waals surface area contributed by atoms with Crippen LogP contribution in [0, 0.1) is 10.7 Å². The molecule has 0 radical (unpaired) electrons. The zero-order valence-electron chi connectivity index (χ0n) is 5.77. The average molecular weight is 194 g/mol. The van der Waals surface area contributed by atoms with Crippen LogP contribution < -0.4 is 11.5 Å². The Morgan fingerprint density at radius 1 is 1.73 bits per heavy atom. The van der Waals surface area contributed by atoms with E-state index in [0.29, 0.717) is 17.7 Å². The zero-order chi connectivity index (χ0) is 9.11. The highest BCUT2D eigenvalue weighted by molar-refractivity contribution is 8.02. The monoisotopic (exact) mass is 194 g/mol. The molecular weight excluding hydrogens is 184 g/mol. The molecule has 0 unspecified atom stereocenters. The fourth-order valence-electron chi connectivity index (χ4n) is 0.0731. The van der Waals surface area contributed by atoms with E-state index in [4.69, 9.17) is 21.8 Å². The van der Waals surface area contributed by atoms with E-state index in [1.807, 2.05) is 0 Å². The summed E-state index contributed by atoms with van der Waals surface area (Å²) in [6.45, 7) is 0.184. The van der Waals surface area contributed by atoms with Crippen molar-refractivity contribution in [2.24, 2.45) is 15.9 Å². The Kier molecular flexibility index (Phi) is 14.4. The maximum Gasteiger partial charge on any atom is 0.198 e. The van der Waals surface area contributed by atoms with Gasteiger partial charge in [0.15, 0.2) is 11.4 Å². The van der Waals surface area contributed by atoms with Crippen LogP contribution in [0.25, 0.3) is 0 Å². The largest absolute Gasteiger partial charge is 0.396 e. The smallest absolute Gasteiger partial charge is 0.198 e. The lowest BCUT2D eigenvalue weighted by atomic mass is 10.9.